The van der Waals surface area contributed by atoms with Crippen LogP contribution in [0.25, 0.3) is 0 Å². The van der Waals surface area contributed by atoms with Gasteiger partial charge in [-0.3, -0.25) is 19.2 Å². The van der Waals surface area contributed by atoms with E-state index in [1.807, 2.05) is 121 Å². The Bertz CT molecular complexity index is 2530. The maximum absolute atomic E-state index is 13.8. The molecule has 0 fully saturated rings. The van der Waals surface area contributed by atoms with Crippen LogP contribution >= 0.6 is 0 Å². The third-order valence-electron chi connectivity index (χ3n) is 14.2. The van der Waals surface area contributed by atoms with Crippen LogP contribution in [-0.4, -0.2) is 170 Å². The van der Waals surface area contributed by atoms with Gasteiger partial charge in [0.15, 0.2) is 0 Å². The number of rotatable bonds is 37. The van der Waals surface area contributed by atoms with Crippen LogP contribution < -0.4 is 42.5 Å². The van der Waals surface area contributed by atoms with Crippen molar-refractivity contribution in [3.05, 3.63) is 144 Å². The van der Waals surface area contributed by atoms with Crippen LogP contribution in [0.2, 0.25) is 0 Å². The number of hydrogen-bond donors (Lipinski definition) is 8. The van der Waals surface area contributed by atoms with E-state index in [2.05, 4.69) is 52.3 Å². The van der Waals surface area contributed by atoms with Crippen molar-refractivity contribution in [3.8, 4) is 0 Å². The second kappa shape index (κ2) is 40.1. The van der Waals surface area contributed by atoms with Gasteiger partial charge in [-0.15, -0.1) is 0 Å². The highest BCUT2D eigenvalue weighted by Crippen LogP contribution is 2.15. The number of hydrogen-bond acceptors (Lipinski definition) is 14. The van der Waals surface area contributed by atoms with Crippen LogP contribution in [0.1, 0.15) is 144 Å². The Labute approximate surface area is 558 Å². The van der Waals surface area contributed by atoms with Crippen molar-refractivity contribution in [2.24, 2.45) is 0 Å². The second-order valence-electron chi connectivity index (χ2n) is 27.5. The highest BCUT2D eigenvalue weighted by atomic mass is 16.6. The molecule has 22 heteroatoms. The van der Waals surface area contributed by atoms with Gasteiger partial charge >= 0.3 is 24.4 Å². The van der Waals surface area contributed by atoms with Crippen molar-refractivity contribution in [3.63, 3.8) is 0 Å². The zero-order valence-electron chi connectivity index (χ0n) is 57.8. The first kappa shape index (κ1) is 78.2. The molecule has 22 nitrogen and oxygen atoms in total. The van der Waals surface area contributed by atoms with E-state index in [1.54, 1.807) is 83.1 Å². The van der Waals surface area contributed by atoms with E-state index in [-0.39, 0.29) is 49.3 Å². The van der Waals surface area contributed by atoms with E-state index in [1.165, 1.54) is 0 Å². The van der Waals surface area contributed by atoms with Crippen molar-refractivity contribution < 1.29 is 57.3 Å². The molecule has 0 spiro atoms. The van der Waals surface area contributed by atoms with Crippen molar-refractivity contribution >= 4 is 48.0 Å². The third kappa shape index (κ3) is 35.7. The molecule has 4 rings (SSSR count). The number of nitrogens with one attached hydrogen (secondary N) is 8. The molecule has 0 saturated carbocycles. The number of alkyl carbamates (subject to hydrolysis) is 4. The molecule has 0 aliphatic heterocycles. The topological polar surface area (TPSA) is 276 Å². The number of carbonyl (C=O) groups excluding carboxylic acids is 8. The SMILES string of the molecule is CC(C)(C)OC(=O)N[C@@H](Cc1ccccc1)C(=O)NCCCN(CCCCN(CCCNC(=O)[C@H](Cc1ccccc1)NC(=O)OC(C)(C)C)CCCNC(=O)[C@H](Cc1ccccc1)NC(=O)OC(C)(C)C)CCCNC(=O)[C@H](Cc1ccccc1)NC(=O)OC(C)(C)C. The number of nitrogens with zero attached hydrogens (tertiary/aromatic N) is 2. The van der Waals surface area contributed by atoms with Gasteiger partial charge in [0.1, 0.15) is 46.6 Å². The maximum Gasteiger partial charge on any atom is 0.408 e. The monoisotopic (exact) mass is 1300 g/mol. The summed E-state index contributed by atoms with van der Waals surface area (Å²) in [6.45, 7) is 26.1. The van der Waals surface area contributed by atoms with Crippen molar-refractivity contribution in [1.29, 1.82) is 0 Å². The molecule has 0 aliphatic carbocycles. The van der Waals surface area contributed by atoms with Crippen molar-refractivity contribution in [2.45, 2.75) is 194 Å². The fourth-order valence-corrected chi connectivity index (χ4v) is 9.93. The standard InChI is InChI=1S/C72H108N10O12/c1-69(2,3)91-65(87)77-57(49-53-31-17-13-18-32-53)61(83)73-39-27-45-81(46-28-40-74-62(84)58(50-54-33-19-14-20-34-54)78-66(88)92-70(4,5)6)43-25-26-44-82(47-29-41-75-63(85)59(51-55-35-21-15-22-36-55)79-67(89)93-71(7,8)9)48-30-42-76-64(86)60(52-56-37-23-16-24-38-56)80-68(90)94-72(10,11)12/h13-24,31-38,57-60H,25-30,39-52H2,1-12H3,(H,73,83)(H,74,84)(H,75,85)(H,76,86)(H,77,87)(H,78,88)(H,79,89)(H,80,90)/t57-,58-,59-,60-/m0/s1. The maximum atomic E-state index is 13.8. The molecule has 518 valence electrons. The molecule has 8 amide bonds. The minimum Gasteiger partial charge on any atom is -0.444 e. The zero-order chi connectivity index (χ0) is 69.2. The number of amides is 8. The van der Waals surface area contributed by atoms with Gasteiger partial charge < -0.3 is 71.3 Å². The predicted molar refractivity (Wildman–Crippen MR) is 366 cm³/mol. The molecule has 0 radical (unpaired) electrons. The van der Waals surface area contributed by atoms with Crippen LogP contribution in [-0.2, 0) is 63.8 Å². The van der Waals surface area contributed by atoms with Gasteiger partial charge in [0.25, 0.3) is 0 Å². The first-order chi connectivity index (χ1) is 44.4. The van der Waals surface area contributed by atoms with Crippen LogP contribution in [0, 0.1) is 0 Å². The highest BCUT2D eigenvalue weighted by molar-refractivity contribution is 5.88. The van der Waals surface area contributed by atoms with Gasteiger partial charge in [0.2, 0.25) is 23.6 Å². The Kier molecular flexibility index (Phi) is 33.4. The Hall–Kier alpha value is -8.24. The van der Waals surface area contributed by atoms with E-state index < -0.39 is 70.9 Å². The Morgan fingerprint density at radius 1 is 0.298 bits per heavy atom. The summed E-state index contributed by atoms with van der Waals surface area (Å²) in [4.78, 5) is 112. The fraction of sp³-hybridized carbons (Fsp3) is 0.556. The highest BCUT2D eigenvalue weighted by Gasteiger charge is 2.29. The average molecular weight is 1310 g/mol. The summed E-state index contributed by atoms with van der Waals surface area (Å²) in [5.41, 5.74) is 0.419. The molecule has 4 atom stereocenters. The second-order valence-corrected chi connectivity index (χ2v) is 27.5. The molecule has 0 aliphatic rings. The summed E-state index contributed by atoms with van der Waals surface area (Å²) in [6, 6.07) is 34.2. The van der Waals surface area contributed by atoms with Crippen molar-refractivity contribution in [1.82, 2.24) is 52.3 Å². The summed E-state index contributed by atoms with van der Waals surface area (Å²) in [5, 5.41) is 23.2. The van der Waals surface area contributed by atoms with Gasteiger partial charge in [-0.05, 0) is 183 Å². The molecule has 4 aromatic carbocycles. The van der Waals surface area contributed by atoms with Gasteiger partial charge in [-0.25, -0.2) is 19.2 Å². The lowest BCUT2D eigenvalue weighted by atomic mass is 10.1. The quantitative estimate of drug-likeness (QED) is 0.0155. The number of benzene rings is 4. The normalized spacial score (nSPS) is 13.0. The van der Waals surface area contributed by atoms with E-state index >= 15 is 0 Å². The number of carbonyl (C=O) groups is 8. The lowest BCUT2D eigenvalue weighted by molar-refractivity contribution is -0.123. The smallest absolute Gasteiger partial charge is 0.408 e. The summed E-state index contributed by atoms with van der Waals surface area (Å²) >= 11 is 0. The molecule has 0 aromatic heterocycles. The van der Waals surface area contributed by atoms with E-state index in [9.17, 15) is 38.4 Å². The lowest BCUT2D eigenvalue weighted by Crippen LogP contribution is -2.50. The first-order valence-corrected chi connectivity index (χ1v) is 33.1. The minimum atomic E-state index is -0.890. The predicted octanol–water partition coefficient (Wildman–Crippen LogP) is 8.94. The van der Waals surface area contributed by atoms with Crippen molar-refractivity contribution in [2.75, 3.05) is 65.4 Å². The Balaban J connectivity index is 1.49. The lowest BCUT2D eigenvalue weighted by Gasteiger charge is -2.26. The van der Waals surface area contributed by atoms with Gasteiger partial charge in [-0.2, -0.15) is 0 Å². The minimum absolute atomic E-state index is 0.259. The molecule has 0 bridgehead atoms. The summed E-state index contributed by atoms with van der Waals surface area (Å²) in [7, 11) is 0. The van der Waals surface area contributed by atoms with Gasteiger partial charge in [-0.1, -0.05) is 121 Å². The zero-order valence-corrected chi connectivity index (χ0v) is 57.8. The van der Waals surface area contributed by atoms with E-state index in [4.69, 9.17) is 18.9 Å². The summed E-state index contributed by atoms with van der Waals surface area (Å²) < 4.78 is 22.1. The van der Waals surface area contributed by atoms with Crippen LogP contribution in [0.3, 0.4) is 0 Å². The molecule has 0 heterocycles. The number of unbranched alkanes of at least 4 members (excludes halogenated alkanes) is 1. The molecule has 4 aromatic rings. The fourth-order valence-electron chi connectivity index (χ4n) is 9.93. The largest absolute Gasteiger partial charge is 0.444 e. The van der Waals surface area contributed by atoms with Crippen LogP contribution in [0.4, 0.5) is 19.2 Å². The molecule has 0 unspecified atom stereocenters. The summed E-state index contributed by atoms with van der Waals surface area (Å²) in [5.74, 6) is -1.38. The number of ether oxygens (including phenoxy) is 4. The third-order valence-corrected chi connectivity index (χ3v) is 14.2. The van der Waals surface area contributed by atoms with Crippen LogP contribution in [0.15, 0.2) is 121 Å². The summed E-state index contributed by atoms with van der Waals surface area (Å²) in [6.07, 6.45) is 2.10. The molecular weight excluding hydrogens is 1200 g/mol. The average Bonchev–Trinajstić information content (AvgIpc) is 1.27. The molecule has 8 N–H and O–H groups in total. The Morgan fingerprint density at radius 3 is 0.660 bits per heavy atom. The molecular formula is C72H108N10O12. The Morgan fingerprint density at radius 2 is 0.479 bits per heavy atom. The molecule has 0 saturated heterocycles. The van der Waals surface area contributed by atoms with E-state index in [0.29, 0.717) is 91.1 Å². The first-order valence-electron chi connectivity index (χ1n) is 33.1. The van der Waals surface area contributed by atoms with Gasteiger partial charge in [0.05, 0.1) is 0 Å². The van der Waals surface area contributed by atoms with E-state index in [0.717, 1.165) is 35.1 Å². The van der Waals surface area contributed by atoms with Gasteiger partial charge in [0, 0.05) is 51.9 Å². The van der Waals surface area contributed by atoms with Crippen LogP contribution in [0.5, 0.6) is 0 Å². The molecule has 94 heavy (non-hydrogen) atoms.